The van der Waals surface area contributed by atoms with Crippen LogP contribution >= 0.6 is 34.5 Å². The van der Waals surface area contributed by atoms with Gasteiger partial charge < -0.3 is 5.73 Å². The molecule has 19 heavy (non-hydrogen) atoms. The van der Waals surface area contributed by atoms with E-state index < -0.39 is 10.0 Å². The van der Waals surface area contributed by atoms with Crippen LogP contribution in [0.1, 0.15) is 5.56 Å². The molecule has 2 aromatic rings. The standard InChI is InChI=1S/C11H10Cl2N2O2S2/c12-8-3-7(5-14)11(13)10(4-8)19(16,17)15-9-1-2-18-6-9/h1-4,6,15H,5,14H2. The lowest BCUT2D eigenvalue weighted by Crippen LogP contribution is -2.14. The van der Waals surface area contributed by atoms with Crippen molar-refractivity contribution in [2.24, 2.45) is 5.73 Å². The minimum Gasteiger partial charge on any atom is -0.326 e. The van der Waals surface area contributed by atoms with Crippen LogP contribution in [0.15, 0.2) is 33.9 Å². The van der Waals surface area contributed by atoms with Crippen molar-refractivity contribution >= 4 is 50.2 Å². The molecule has 0 aliphatic carbocycles. The fourth-order valence-corrected chi connectivity index (χ4v) is 4.15. The highest BCUT2D eigenvalue weighted by atomic mass is 35.5. The molecular formula is C11H10Cl2N2O2S2. The highest BCUT2D eigenvalue weighted by Gasteiger charge is 2.21. The van der Waals surface area contributed by atoms with Crippen molar-refractivity contribution in [3.8, 4) is 0 Å². The lowest BCUT2D eigenvalue weighted by atomic mass is 10.2. The number of rotatable bonds is 4. The van der Waals surface area contributed by atoms with E-state index in [2.05, 4.69) is 4.72 Å². The fraction of sp³-hybridized carbons (Fsp3) is 0.0909. The van der Waals surface area contributed by atoms with Crippen molar-refractivity contribution in [1.29, 1.82) is 0 Å². The van der Waals surface area contributed by atoms with E-state index in [0.717, 1.165) is 0 Å². The van der Waals surface area contributed by atoms with E-state index in [-0.39, 0.29) is 21.5 Å². The molecular weight excluding hydrogens is 327 g/mol. The van der Waals surface area contributed by atoms with E-state index >= 15 is 0 Å². The zero-order valence-electron chi connectivity index (χ0n) is 9.56. The van der Waals surface area contributed by atoms with E-state index in [1.54, 1.807) is 22.9 Å². The number of nitrogens with one attached hydrogen (secondary N) is 1. The normalized spacial score (nSPS) is 11.5. The van der Waals surface area contributed by atoms with Crippen LogP contribution in [0.4, 0.5) is 5.69 Å². The molecule has 0 radical (unpaired) electrons. The number of sulfonamides is 1. The highest BCUT2D eigenvalue weighted by Crippen LogP contribution is 2.30. The fourth-order valence-electron chi connectivity index (χ4n) is 1.50. The molecule has 0 unspecified atom stereocenters. The van der Waals surface area contributed by atoms with Crippen molar-refractivity contribution < 1.29 is 8.42 Å². The molecule has 1 aromatic carbocycles. The van der Waals surface area contributed by atoms with E-state index in [4.69, 9.17) is 28.9 Å². The molecule has 1 heterocycles. The average molecular weight is 337 g/mol. The second-order valence-corrected chi connectivity index (χ2v) is 6.94. The van der Waals surface area contributed by atoms with Crippen LogP contribution in [0.5, 0.6) is 0 Å². The summed E-state index contributed by atoms with van der Waals surface area (Å²) >= 11 is 13.3. The number of nitrogens with two attached hydrogens (primary N) is 1. The van der Waals surface area contributed by atoms with Gasteiger partial charge in [0.15, 0.2) is 0 Å². The molecule has 0 saturated heterocycles. The summed E-state index contributed by atoms with van der Waals surface area (Å²) in [6.07, 6.45) is 0. The smallest absolute Gasteiger partial charge is 0.263 e. The second kappa shape index (κ2) is 5.68. The van der Waals surface area contributed by atoms with Crippen molar-refractivity contribution in [2.45, 2.75) is 11.4 Å². The Morgan fingerprint density at radius 3 is 2.63 bits per heavy atom. The minimum atomic E-state index is -3.78. The average Bonchev–Trinajstić information content (AvgIpc) is 2.83. The van der Waals surface area contributed by atoms with Crippen LogP contribution in [0.3, 0.4) is 0 Å². The Morgan fingerprint density at radius 2 is 2.05 bits per heavy atom. The Labute approximate surface area is 125 Å². The molecule has 3 N–H and O–H groups in total. The van der Waals surface area contributed by atoms with Crippen LogP contribution < -0.4 is 10.5 Å². The Morgan fingerprint density at radius 1 is 1.32 bits per heavy atom. The summed E-state index contributed by atoms with van der Waals surface area (Å²) in [4.78, 5) is -0.0756. The van der Waals surface area contributed by atoms with E-state index in [0.29, 0.717) is 11.3 Å². The monoisotopic (exact) mass is 336 g/mol. The van der Waals surface area contributed by atoms with Gasteiger partial charge in [0.2, 0.25) is 0 Å². The summed E-state index contributed by atoms with van der Waals surface area (Å²) in [7, 11) is -3.78. The van der Waals surface area contributed by atoms with Gasteiger partial charge >= 0.3 is 0 Å². The van der Waals surface area contributed by atoms with Gasteiger partial charge in [0.05, 0.1) is 10.7 Å². The molecule has 0 amide bonds. The third-order valence-corrected chi connectivity index (χ3v) is 5.23. The molecule has 1 aromatic heterocycles. The van der Waals surface area contributed by atoms with Gasteiger partial charge in [0.25, 0.3) is 10.0 Å². The van der Waals surface area contributed by atoms with Gasteiger partial charge in [-0.25, -0.2) is 8.42 Å². The summed E-state index contributed by atoms with van der Waals surface area (Å²) in [5, 5.41) is 3.81. The minimum absolute atomic E-state index is 0.0756. The first-order valence-corrected chi connectivity index (χ1v) is 8.35. The SMILES string of the molecule is NCc1cc(Cl)cc(S(=O)(=O)Nc2ccsc2)c1Cl. The maximum Gasteiger partial charge on any atom is 0.263 e. The van der Waals surface area contributed by atoms with Crippen LogP contribution in [0, 0.1) is 0 Å². The molecule has 0 spiro atoms. The third kappa shape index (κ3) is 3.21. The molecule has 0 saturated carbocycles. The number of halogens is 2. The van der Waals surface area contributed by atoms with Gasteiger partial charge in [-0.1, -0.05) is 23.2 Å². The molecule has 0 bridgehead atoms. The van der Waals surface area contributed by atoms with Crippen LogP contribution in [0.25, 0.3) is 0 Å². The quantitative estimate of drug-likeness (QED) is 0.899. The largest absolute Gasteiger partial charge is 0.326 e. The van der Waals surface area contributed by atoms with Gasteiger partial charge in [0.1, 0.15) is 4.90 Å². The van der Waals surface area contributed by atoms with Gasteiger partial charge in [-0.3, -0.25) is 4.72 Å². The van der Waals surface area contributed by atoms with Gasteiger partial charge in [-0.15, -0.1) is 0 Å². The number of hydrogen-bond acceptors (Lipinski definition) is 4. The van der Waals surface area contributed by atoms with Crippen molar-refractivity contribution in [1.82, 2.24) is 0 Å². The topological polar surface area (TPSA) is 72.2 Å². The number of hydrogen-bond donors (Lipinski definition) is 2. The van der Waals surface area contributed by atoms with Crippen LogP contribution in [0.2, 0.25) is 10.0 Å². The summed E-state index contributed by atoms with van der Waals surface area (Å²) in [5.41, 5.74) is 6.48. The molecule has 102 valence electrons. The first-order valence-electron chi connectivity index (χ1n) is 5.17. The van der Waals surface area contributed by atoms with Gasteiger partial charge in [-0.05, 0) is 29.1 Å². The van der Waals surface area contributed by atoms with Crippen LogP contribution in [-0.2, 0) is 16.6 Å². The Kier molecular flexibility index (Phi) is 4.37. The number of anilines is 1. The predicted molar refractivity (Wildman–Crippen MR) is 79.5 cm³/mol. The maximum absolute atomic E-state index is 12.3. The summed E-state index contributed by atoms with van der Waals surface area (Å²) in [6.45, 7) is 0.111. The lowest BCUT2D eigenvalue weighted by molar-refractivity contribution is 0.601. The maximum atomic E-state index is 12.3. The molecule has 4 nitrogen and oxygen atoms in total. The van der Waals surface area contributed by atoms with Gasteiger partial charge in [-0.2, -0.15) is 11.3 Å². The molecule has 8 heteroatoms. The third-order valence-electron chi connectivity index (χ3n) is 2.36. The first-order chi connectivity index (χ1) is 8.94. The second-order valence-electron chi connectivity index (χ2n) is 3.70. The molecule has 0 atom stereocenters. The van der Waals surface area contributed by atoms with Crippen molar-refractivity contribution in [2.75, 3.05) is 4.72 Å². The summed E-state index contributed by atoms with van der Waals surface area (Å²) in [5.74, 6) is 0. The van der Waals surface area contributed by atoms with E-state index in [9.17, 15) is 8.42 Å². The highest BCUT2D eigenvalue weighted by molar-refractivity contribution is 7.92. The Balaban J connectivity index is 2.48. The molecule has 0 fully saturated rings. The lowest BCUT2D eigenvalue weighted by Gasteiger charge is -2.11. The van der Waals surface area contributed by atoms with Crippen molar-refractivity contribution in [3.05, 3.63) is 44.6 Å². The summed E-state index contributed by atoms with van der Waals surface area (Å²) < 4.78 is 26.9. The molecule has 0 aliphatic rings. The molecule has 2 rings (SSSR count). The van der Waals surface area contributed by atoms with E-state index in [1.807, 2.05) is 0 Å². The first kappa shape index (κ1) is 14.6. The Hall–Kier alpha value is -0.790. The van der Waals surface area contributed by atoms with Crippen molar-refractivity contribution in [3.63, 3.8) is 0 Å². The van der Waals surface area contributed by atoms with Gasteiger partial charge in [0, 0.05) is 16.9 Å². The van der Waals surface area contributed by atoms with E-state index in [1.165, 1.54) is 17.4 Å². The summed E-state index contributed by atoms with van der Waals surface area (Å²) in [6, 6.07) is 4.51. The van der Waals surface area contributed by atoms with Crippen LogP contribution in [-0.4, -0.2) is 8.42 Å². The predicted octanol–water partition coefficient (Wildman–Crippen LogP) is 3.31. The zero-order valence-corrected chi connectivity index (χ0v) is 12.7. The zero-order chi connectivity index (χ0) is 14.0. The number of thiophene rings is 1. The Bertz CT molecular complexity index is 685. The number of benzene rings is 1. The molecule has 0 aliphatic heterocycles.